The Bertz CT molecular complexity index is 366. The molecule has 0 radical (unpaired) electrons. The van der Waals surface area contributed by atoms with Crippen molar-refractivity contribution in [1.82, 2.24) is 0 Å². The molecule has 0 aliphatic heterocycles. The van der Waals surface area contributed by atoms with Gasteiger partial charge in [-0.05, 0) is 29.9 Å². The molecule has 4 heteroatoms. The van der Waals surface area contributed by atoms with E-state index in [0.29, 0.717) is 22.2 Å². The van der Waals surface area contributed by atoms with Crippen LogP contribution >= 0.6 is 35.0 Å². The number of Topliss-reactive ketones (excluding diaryl/α,β-unsaturated/α-hetero) is 1. The minimum atomic E-state index is 0.233. The van der Waals surface area contributed by atoms with Gasteiger partial charge in [-0.3, -0.25) is 4.79 Å². The largest absolute Gasteiger partial charge is 0.298 e. The summed E-state index contributed by atoms with van der Waals surface area (Å²) in [4.78, 5) is 11.6. The first-order valence-corrected chi connectivity index (χ1v) is 7.08. The Morgan fingerprint density at radius 3 is 2.69 bits per heavy atom. The van der Waals surface area contributed by atoms with Crippen LogP contribution in [-0.2, 0) is 11.2 Å². The molecule has 0 aliphatic carbocycles. The number of halogens is 2. The topological polar surface area (TPSA) is 17.1 Å². The molecular weight excluding hydrogens is 263 g/mol. The molecule has 0 saturated heterocycles. The average molecular weight is 277 g/mol. The number of hydrogen-bond acceptors (Lipinski definition) is 2. The third-order valence-electron chi connectivity index (χ3n) is 2.00. The molecule has 0 spiro atoms. The summed E-state index contributed by atoms with van der Waals surface area (Å²) < 4.78 is 0. The Morgan fingerprint density at radius 1 is 1.31 bits per heavy atom. The van der Waals surface area contributed by atoms with E-state index in [4.69, 9.17) is 23.2 Å². The molecule has 0 amide bonds. The van der Waals surface area contributed by atoms with Gasteiger partial charge < -0.3 is 0 Å². The first-order valence-electron chi connectivity index (χ1n) is 5.17. The normalized spacial score (nSPS) is 10.4. The molecule has 1 rings (SSSR count). The predicted octanol–water partition coefficient (Wildman–Crippen LogP) is 4.25. The van der Waals surface area contributed by atoms with E-state index < -0.39 is 0 Å². The number of benzene rings is 1. The van der Waals surface area contributed by atoms with Crippen molar-refractivity contribution in [3.63, 3.8) is 0 Å². The van der Waals surface area contributed by atoms with E-state index in [2.05, 4.69) is 6.92 Å². The molecule has 0 N–H and O–H groups in total. The maximum atomic E-state index is 11.6. The van der Waals surface area contributed by atoms with Gasteiger partial charge in [0.1, 0.15) is 5.78 Å². The van der Waals surface area contributed by atoms with E-state index in [1.54, 1.807) is 23.9 Å². The Balaban J connectivity index is 2.46. The first-order chi connectivity index (χ1) is 7.63. The van der Waals surface area contributed by atoms with Gasteiger partial charge in [0.05, 0.1) is 15.8 Å². The fraction of sp³-hybridized carbons (Fsp3) is 0.417. The van der Waals surface area contributed by atoms with Gasteiger partial charge in [-0.25, -0.2) is 0 Å². The fourth-order valence-corrected chi connectivity index (χ4v) is 2.34. The maximum absolute atomic E-state index is 11.6. The molecule has 0 fully saturated rings. The highest BCUT2D eigenvalue weighted by atomic mass is 35.5. The molecule has 0 unspecified atom stereocenters. The van der Waals surface area contributed by atoms with Gasteiger partial charge in [0.25, 0.3) is 0 Å². The monoisotopic (exact) mass is 276 g/mol. The standard InChI is InChI=1S/C12H14Cl2OS/c1-2-5-16-8-10(15)6-9-3-4-11(13)12(14)7-9/h3-4,7H,2,5-6,8H2,1H3. The minimum absolute atomic E-state index is 0.233. The quantitative estimate of drug-likeness (QED) is 0.723. The molecule has 0 atom stereocenters. The summed E-state index contributed by atoms with van der Waals surface area (Å²) in [6, 6.07) is 5.33. The zero-order chi connectivity index (χ0) is 12.0. The highest BCUT2D eigenvalue weighted by Gasteiger charge is 2.05. The van der Waals surface area contributed by atoms with Gasteiger partial charge in [-0.1, -0.05) is 36.2 Å². The summed E-state index contributed by atoms with van der Waals surface area (Å²) >= 11 is 13.4. The third kappa shape index (κ3) is 4.77. The van der Waals surface area contributed by atoms with Crippen molar-refractivity contribution < 1.29 is 4.79 Å². The molecule has 0 heterocycles. The summed E-state index contributed by atoms with van der Waals surface area (Å²) in [5.41, 5.74) is 0.927. The SMILES string of the molecule is CCCSCC(=O)Cc1ccc(Cl)c(Cl)c1. The van der Waals surface area contributed by atoms with Crippen LogP contribution < -0.4 is 0 Å². The van der Waals surface area contributed by atoms with Gasteiger partial charge in [-0.15, -0.1) is 0 Å². The third-order valence-corrected chi connectivity index (χ3v) is 3.96. The molecule has 1 aromatic carbocycles. The number of carbonyl (C=O) groups is 1. The number of carbonyl (C=O) groups excluding carboxylic acids is 1. The summed E-state index contributed by atoms with van der Waals surface area (Å²) in [5, 5.41) is 1.03. The van der Waals surface area contributed by atoms with Gasteiger partial charge >= 0.3 is 0 Å². The van der Waals surface area contributed by atoms with Crippen LogP contribution in [0.2, 0.25) is 10.0 Å². The molecule has 0 saturated carbocycles. The second-order valence-electron chi connectivity index (χ2n) is 3.52. The van der Waals surface area contributed by atoms with Crippen molar-refractivity contribution in [2.75, 3.05) is 11.5 Å². The lowest BCUT2D eigenvalue weighted by Crippen LogP contribution is -2.06. The van der Waals surface area contributed by atoms with Crippen molar-refractivity contribution in [2.45, 2.75) is 19.8 Å². The second kappa shape index (κ2) is 7.21. The first kappa shape index (κ1) is 13.9. The second-order valence-corrected chi connectivity index (χ2v) is 5.44. The van der Waals surface area contributed by atoms with Gasteiger partial charge in [0.2, 0.25) is 0 Å². The van der Waals surface area contributed by atoms with Crippen LogP contribution in [-0.4, -0.2) is 17.3 Å². The predicted molar refractivity (Wildman–Crippen MR) is 72.8 cm³/mol. The van der Waals surface area contributed by atoms with Crippen molar-refractivity contribution in [2.24, 2.45) is 0 Å². The molecule has 0 aliphatic rings. The van der Waals surface area contributed by atoms with Crippen LogP contribution in [0, 0.1) is 0 Å². The molecular formula is C12H14Cl2OS. The smallest absolute Gasteiger partial charge is 0.147 e. The van der Waals surface area contributed by atoms with E-state index in [1.165, 1.54) is 0 Å². The molecule has 0 aromatic heterocycles. The number of thioether (sulfide) groups is 1. The highest BCUT2D eigenvalue weighted by Crippen LogP contribution is 2.23. The summed E-state index contributed by atoms with van der Waals surface area (Å²) in [7, 11) is 0. The molecule has 16 heavy (non-hydrogen) atoms. The van der Waals surface area contributed by atoms with Crippen LogP contribution in [0.25, 0.3) is 0 Å². The summed E-state index contributed by atoms with van der Waals surface area (Å²) in [6.45, 7) is 2.11. The summed E-state index contributed by atoms with van der Waals surface area (Å²) in [5.74, 6) is 1.85. The Morgan fingerprint density at radius 2 is 2.06 bits per heavy atom. The van der Waals surface area contributed by atoms with E-state index in [-0.39, 0.29) is 5.78 Å². The van der Waals surface area contributed by atoms with Crippen LogP contribution in [0.3, 0.4) is 0 Å². The minimum Gasteiger partial charge on any atom is -0.298 e. The Labute approximate surface area is 111 Å². The molecule has 1 nitrogen and oxygen atoms in total. The maximum Gasteiger partial charge on any atom is 0.147 e. The van der Waals surface area contributed by atoms with Crippen molar-refractivity contribution in [3.05, 3.63) is 33.8 Å². The lowest BCUT2D eigenvalue weighted by atomic mass is 10.1. The van der Waals surface area contributed by atoms with Crippen LogP contribution in [0.4, 0.5) is 0 Å². The number of hydrogen-bond donors (Lipinski definition) is 0. The Hall–Kier alpha value is -0.180. The number of ketones is 1. The molecule has 1 aromatic rings. The zero-order valence-corrected chi connectivity index (χ0v) is 11.5. The van der Waals surface area contributed by atoms with Gasteiger partial charge in [0, 0.05) is 6.42 Å². The molecule has 88 valence electrons. The van der Waals surface area contributed by atoms with Crippen LogP contribution in [0.1, 0.15) is 18.9 Å². The van der Waals surface area contributed by atoms with E-state index in [9.17, 15) is 4.79 Å². The molecule has 0 bridgehead atoms. The van der Waals surface area contributed by atoms with E-state index in [1.807, 2.05) is 6.07 Å². The van der Waals surface area contributed by atoms with Crippen molar-refractivity contribution in [3.8, 4) is 0 Å². The summed E-state index contributed by atoms with van der Waals surface area (Å²) in [6.07, 6.45) is 1.54. The zero-order valence-electron chi connectivity index (χ0n) is 9.13. The lowest BCUT2D eigenvalue weighted by molar-refractivity contribution is -0.116. The average Bonchev–Trinajstić information content (AvgIpc) is 2.24. The van der Waals surface area contributed by atoms with Gasteiger partial charge in [-0.2, -0.15) is 11.8 Å². The van der Waals surface area contributed by atoms with Crippen molar-refractivity contribution in [1.29, 1.82) is 0 Å². The highest BCUT2D eigenvalue weighted by molar-refractivity contribution is 7.99. The van der Waals surface area contributed by atoms with Crippen LogP contribution in [0.5, 0.6) is 0 Å². The van der Waals surface area contributed by atoms with E-state index >= 15 is 0 Å². The van der Waals surface area contributed by atoms with Crippen LogP contribution in [0.15, 0.2) is 18.2 Å². The fourth-order valence-electron chi connectivity index (χ4n) is 1.26. The Kier molecular flexibility index (Phi) is 6.25. The van der Waals surface area contributed by atoms with E-state index in [0.717, 1.165) is 17.7 Å². The van der Waals surface area contributed by atoms with Gasteiger partial charge in [0.15, 0.2) is 0 Å². The lowest BCUT2D eigenvalue weighted by Gasteiger charge is -2.02. The number of rotatable bonds is 6. The van der Waals surface area contributed by atoms with Crippen molar-refractivity contribution >= 4 is 40.7 Å².